The smallest absolute Gasteiger partial charge is 0.314 e. The highest BCUT2D eigenvalue weighted by molar-refractivity contribution is 5.95. The third kappa shape index (κ3) is 3.44. The van der Waals surface area contributed by atoms with E-state index in [1.54, 1.807) is 12.1 Å². The number of benzene rings is 2. The van der Waals surface area contributed by atoms with Gasteiger partial charge in [-0.2, -0.15) is 5.06 Å². The maximum Gasteiger partial charge on any atom is 0.314 e. The first-order valence-electron chi connectivity index (χ1n) is 9.85. The molecule has 2 aromatic carbocycles. The maximum absolute atomic E-state index is 12.1. The SMILES string of the molecule is CCCC(C(=O)O)C1=C(c2ccc(C)cc2)c2cc3ccccc3nc2N(C)O1. The standard InChI is InChI=1S/C24H24N2O3/c1-4-7-18(24(27)28)22-21(16-12-10-15(2)11-13-16)19-14-17-8-5-6-9-20(17)25-23(19)26(3)29-22/h5-6,8-14,18H,4,7H2,1-3H3,(H,27,28). The Kier molecular flexibility index (Phi) is 4.97. The number of carbonyl (C=O) groups is 1. The van der Waals surface area contributed by atoms with Gasteiger partial charge >= 0.3 is 5.97 Å². The number of hydroxylamine groups is 1. The summed E-state index contributed by atoms with van der Waals surface area (Å²) in [5, 5.41) is 12.5. The average molecular weight is 388 g/mol. The van der Waals surface area contributed by atoms with Crippen LogP contribution in [0.25, 0.3) is 16.5 Å². The molecular weight excluding hydrogens is 364 g/mol. The zero-order valence-electron chi connectivity index (χ0n) is 16.8. The van der Waals surface area contributed by atoms with Gasteiger partial charge in [-0.25, -0.2) is 4.98 Å². The lowest BCUT2D eigenvalue weighted by Crippen LogP contribution is -2.30. The number of rotatable bonds is 5. The number of hydrogen-bond acceptors (Lipinski definition) is 4. The summed E-state index contributed by atoms with van der Waals surface area (Å²) in [7, 11) is 1.78. The first-order valence-corrected chi connectivity index (χ1v) is 9.85. The quantitative estimate of drug-likeness (QED) is 0.652. The van der Waals surface area contributed by atoms with Crippen molar-refractivity contribution in [2.24, 2.45) is 5.92 Å². The lowest BCUT2D eigenvalue weighted by Gasteiger charge is -2.33. The number of carboxylic acids is 1. The fourth-order valence-electron chi connectivity index (χ4n) is 3.81. The lowest BCUT2D eigenvalue weighted by atomic mass is 9.88. The van der Waals surface area contributed by atoms with Crippen LogP contribution < -0.4 is 5.06 Å². The van der Waals surface area contributed by atoms with Gasteiger partial charge in [0, 0.05) is 23.6 Å². The Morgan fingerprint density at radius 1 is 1.17 bits per heavy atom. The number of aromatic nitrogens is 1. The molecule has 1 aromatic heterocycles. The summed E-state index contributed by atoms with van der Waals surface area (Å²) in [5.41, 5.74) is 4.64. The molecule has 2 heterocycles. The molecule has 29 heavy (non-hydrogen) atoms. The zero-order chi connectivity index (χ0) is 20.5. The summed E-state index contributed by atoms with van der Waals surface area (Å²) in [6, 6.07) is 18.1. The fraction of sp³-hybridized carbons (Fsp3) is 0.250. The molecular formula is C24H24N2O3. The van der Waals surface area contributed by atoms with E-state index < -0.39 is 11.9 Å². The van der Waals surface area contributed by atoms with Crippen LogP contribution >= 0.6 is 0 Å². The summed E-state index contributed by atoms with van der Waals surface area (Å²) in [6.45, 7) is 4.02. The second-order valence-corrected chi connectivity index (χ2v) is 7.43. The Morgan fingerprint density at radius 3 is 2.59 bits per heavy atom. The van der Waals surface area contributed by atoms with Gasteiger partial charge in [-0.15, -0.1) is 0 Å². The molecule has 0 radical (unpaired) electrons. The summed E-state index contributed by atoms with van der Waals surface area (Å²) in [5.74, 6) is -0.450. The van der Waals surface area contributed by atoms with Crippen molar-refractivity contribution >= 4 is 28.3 Å². The van der Waals surface area contributed by atoms with Crippen molar-refractivity contribution in [2.75, 3.05) is 12.1 Å². The molecule has 148 valence electrons. The van der Waals surface area contributed by atoms with Crippen molar-refractivity contribution in [3.05, 3.63) is 77.0 Å². The number of carboxylic acid groups (broad SMARTS) is 1. The molecule has 0 spiro atoms. The highest BCUT2D eigenvalue weighted by atomic mass is 16.7. The normalized spacial score (nSPS) is 14.5. The number of fused-ring (bicyclic) bond motifs is 2. The Balaban J connectivity index is 2.03. The third-order valence-electron chi connectivity index (χ3n) is 5.29. The minimum absolute atomic E-state index is 0.468. The van der Waals surface area contributed by atoms with E-state index in [1.165, 1.54) is 0 Å². The summed E-state index contributed by atoms with van der Waals surface area (Å²) < 4.78 is 0. The number of nitrogens with zero attached hydrogens (tertiary/aromatic N) is 2. The van der Waals surface area contributed by atoms with Crippen molar-refractivity contribution in [1.82, 2.24) is 4.98 Å². The van der Waals surface area contributed by atoms with E-state index in [4.69, 9.17) is 9.82 Å². The largest absolute Gasteiger partial charge is 0.481 e. The Labute approximate surface area is 170 Å². The predicted molar refractivity (Wildman–Crippen MR) is 114 cm³/mol. The highest BCUT2D eigenvalue weighted by Crippen LogP contribution is 2.42. The molecule has 5 heteroatoms. The minimum atomic E-state index is -0.878. The molecule has 0 amide bonds. The van der Waals surface area contributed by atoms with Crippen molar-refractivity contribution in [1.29, 1.82) is 0 Å². The van der Waals surface area contributed by atoms with Crippen LogP contribution in [-0.4, -0.2) is 23.1 Å². The molecule has 1 unspecified atom stereocenters. The monoisotopic (exact) mass is 388 g/mol. The van der Waals surface area contributed by atoms with E-state index in [9.17, 15) is 9.90 Å². The van der Waals surface area contributed by atoms with Crippen LogP contribution in [0.3, 0.4) is 0 Å². The Morgan fingerprint density at radius 2 is 1.90 bits per heavy atom. The van der Waals surface area contributed by atoms with Crippen LogP contribution in [0.4, 0.5) is 5.82 Å². The van der Waals surface area contributed by atoms with Gasteiger partial charge in [-0.3, -0.25) is 4.79 Å². The van der Waals surface area contributed by atoms with Crippen molar-refractivity contribution in [3.8, 4) is 0 Å². The van der Waals surface area contributed by atoms with Gasteiger partial charge in [0.15, 0.2) is 11.6 Å². The van der Waals surface area contributed by atoms with E-state index in [-0.39, 0.29) is 0 Å². The summed E-state index contributed by atoms with van der Waals surface area (Å²) >= 11 is 0. The van der Waals surface area contributed by atoms with E-state index in [1.807, 2.05) is 62.4 Å². The highest BCUT2D eigenvalue weighted by Gasteiger charge is 2.34. The molecule has 0 fully saturated rings. The molecule has 0 bridgehead atoms. The molecule has 1 atom stereocenters. The van der Waals surface area contributed by atoms with Gasteiger partial charge in [0.1, 0.15) is 5.92 Å². The van der Waals surface area contributed by atoms with Gasteiger partial charge in [0.2, 0.25) is 0 Å². The number of aryl methyl sites for hydroxylation is 1. The molecule has 3 aromatic rings. The lowest BCUT2D eigenvalue weighted by molar-refractivity contribution is -0.142. The predicted octanol–water partition coefficient (Wildman–Crippen LogP) is 5.18. The molecule has 1 N–H and O–H groups in total. The fourth-order valence-corrected chi connectivity index (χ4v) is 3.81. The molecule has 1 aliphatic rings. The third-order valence-corrected chi connectivity index (χ3v) is 5.29. The second kappa shape index (κ2) is 7.59. The molecule has 0 aliphatic carbocycles. The first-order chi connectivity index (χ1) is 14.0. The van der Waals surface area contributed by atoms with Crippen LogP contribution in [0.5, 0.6) is 0 Å². The van der Waals surface area contributed by atoms with Crippen LogP contribution in [0.2, 0.25) is 0 Å². The average Bonchev–Trinajstić information content (AvgIpc) is 2.71. The Hall–Kier alpha value is -3.34. The van der Waals surface area contributed by atoms with Crippen LogP contribution in [0.1, 0.15) is 36.5 Å². The van der Waals surface area contributed by atoms with Gasteiger partial charge in [0.25, 0.3) is 0 Å². The molecule has 4 rings (SSSR count). The van der Waals surface area contributed by atoms with Crippen molar-refractivity contribution < 1.29 is 14.7 Å². The van der Waals surface area contributed by atoms with Crippen LogP contribution in [-0.2, 0) is 9.63 Å². The van der Waals surface area contributed by atoms with Crippen LogP contribution in [0.15, 0.2) is 60.4 Å². The summed E-state index contributed by atoms with van der Waals surface area (Å²) in [4.78, 5) is 23.0. The Bertz CT molecular complexity index is 1100. The van der Waals surface area contributed by atoms with Crippen molar-refractivity contribution in [2.45, 2.75) is 26.7 Å². The van der Waals surface area contributed by atoms with E-state index in [0.717, 1.165) is 39.6 Å². The maximum atomic E-state index is 12.1. The summed E-state index contributed by atoms with van der Waals surface area (Å²) in [6.07, 6.45) is 1.25. The van der Waals surface area contributed by atoms with Gasteiger partial charge < -0.3 is 9.94 Å². The van der Waals surface area contributed by atoms with Crippen molar-refractivity contribution in [3.63, 3.8) is 0 Å². The van der Waals surface area contributed by atoms with E-state index >= 15 is 0 Å². The second-order valence-electron chi connectivity index (χ2n) is 7.43. The topological polar surface area (TPSA) is 62.7 Å². The molecule has 0 saturated heterocycles. The zero-order valence-corrected chi connectivity index (χ0v) is 16.8. The number of aliphatic carboxylic acids is 1. The van der Waals surface area contributed by atoms with Gasteiger partial charge in [0.05, 0.1) is 5.52 Å². The minimum Gasteiger partial charge on any atom is -0.481 e. The number of anilines is 1. The van der Waals surface area contributed by atoms with E-state index in [2.05, 4.69) is 6.07 Å². The number of hydrogen-bond donors (Lipinski definition) is 1. The van der Waals surface area contributed by atoms with Gasteiger partial charge in [-0.1, -0.05) is 61.4 Å². The molecule has 1 aliphatic heterocycles. The molecule has 0 saturated carbocycles. The van der Waals surface area contributed by atoms with Gasteiger partial charge in [-0.05, 0) is 31.0 Å². The number of para-hydroxylation sites is 1. The molecule has 5 nitrogen and oxygen atoms in total. The van der Waals surface area contributed by atoms with Crippen LogP contribution in [0, 0.1) is 12.8 Å². The van der Waals surface area contributed by atoms with E-state index in [0.29, 0.717) is 18.0 Å². The number of pyridine rings is 1. The first kappa shape index (κ1) is 19.0.